The molecule has 0 saturated carbocycles. The summed E-state index contributed by atoms with van der Waals surface area (Å²) in [4.78, 5) is 0. The minimum Gasteiger partial charge on any atom is -0.395 e. The fraction of sp³-hybridized carbons (Fsp3) is 0.400. The Labute approximate surface area is 86.3 Å². The molecule has 0 aliphatic rings. The Balaban J connectivity index is 2.85. The second kappa shape index (κ2) is 4.22. The number of rotatable bonds is 3. The van der Waals surface area contributed by atoms with Gasteiger partial charge in [0, 0.05) is 0 Å². The van der Waals surface area contributed by atoms with Gasteiger partial charge in [0.15, 0.2) is 0 Å². The van der Waals surface area contributed by atoms with Gasteiger partial charge in [-0.2, -0.15) is 0 Å². The van der Waals surface area contributed by atoms with Crippen molar-refractivity contribution in [3.05, 3.63) is 35.9 Å². The number of benzene rings is 1. The average Bonchev–Trinajstić information content (AvgIpc) is 2.18. The Morgan fingerprint density at radius 3 is 2.38 bits per heavy atom. The maximum Gasteiger partial charge on any atom is 0.0962 e. The first kappa shape index (κ1) is 10.7. The Morgan fingerprint density at radius 1 is 1.38 bits per heavy atom. The molecular formula is C10H13BrO2. The third-order valence-corrected chi connectivity index (χ3v) is 2.68. The van der Waals surface area contributed by atoms with Crippen LogP contribution in [0.5, 0.6) is 0 Å². The van der Waals surface area contributed by atoms with Crippen LogP contribution in [0.2, 0.25) is 0 Å². The molecule has 2 unspecified atom stereocenters. The van der Waals surface area contributed by atoms with E-state index in [2.05, 4.69) is 15.9 Å². The molecule has 0 fully saturated rings. The van der Waals surface area contributed by atoms with Crippen molar-refractivity contribution in [1.29, 1.82) is 0 Å². The molecule has 13 heavy (non-hydrogen) atoms. The average molecular weight is 245 g/mol. The summed E-state index contributed by atoms with van der Waals surface area (Å²) in [6, 6.07) is 9.28. The fourth-order valence-electron chi connectivity index (χ4n) is 1.07. The van der Waals surface area contributed by atoms with Crippen LogP contribution in [0.1, 0.15) is 18.6 Å². The third-order valence-electron chi connectivity index (χ3n) is 1.99. The topological polar surface area (TPSA) is 40.5 Å². The van der Waals surface area contributed by atoms with E-state index in [-0.39, 0.29) is 6.61 Å². The van der Waals surface area contributed by atoms with Crippen LogP contribution in [0.3, 0.4) is 0 Å². The highest BCUT2D eigenvalue weighted by molar-refractivity contribution is 9.10. The van der Waals surface area contributed by atoms with Gasteiger partial charge >= 0.3 is 0 Å². The van der Waals surface area contributed by atoms with Gasteiger partial charge in [0.05, 0.1) is 17.0 Å². The monoisotopic (exact) mass is 244 g/mol. The quantitative estimate of drug-likeness (QED) is 0.798. The Bertz CT molecular complexity index is 259. The highest BCUT2D eigenvalue weighted by Gasteiger charge is 2.30. The summed E-state index contributed by atoms with van der Waals surface area (Å²) in [5, 5.41) is 18.9. The van der Waals surface area contributed by atoms with Crippen LogP contribution in [0.4, 0.5) is 0 Å². The lowest BCUT2D eigenvalue weighted by molar-refractivity contribution is 0.101. The van der Waals surface area contributed by atoms with E-state index in [0.717, 1.165) is 5.56 Å². The molecule has 0 amide bonds. The molecule has 0 heterocycles. The Morgan fingerprint density at radius 2 is 1.92 bits per heavy atom. The molecule has 0 saturated heterocycles. The van der Waals surface area contributed by atoms with E-state index in [9.17, 15) is 5.11 Å². The molecule has 1 rings (SSSR count). The van der Waals surface area contributed by atoms with Crippen molar-refractivity contribution in [3.8, 4) is 0 Å². The summed E-state index contributed by atoms with van der Waals surface area (Å²) >= 11 is 3.28. The second-order valence-electron chi connectivity index (χ2n) is 3.25. The number of aliphatic hydroxyl groups excluding tert-OH is 2. The van der Waals surface area contributed by atoms with Gasteiger partial charge in [-0.1, -0.05) is 46.3 Å². The number of aliphatic hydroxyl groups is 2. The molecule has 1 aromatic rings. The molecule has 3 heteroatoms. The predicted molar refractivity (Wildman–Crippen MR) is 55.8 cm³/mol. The molecule has 0 bridgehead atoms. The number of hydrogen-bond acceptors (Lipinski definition) is 2. The summed E-state index contributed by atoms with van der Waals surface area (Å²) in [5.41, 5.74) is 0.802. The van der Waals surface area contributed by atoms with E-state index in [1.54, 1.807) is 6.92 Å². The van der Waals surface area contributed by atoms with Crippen molar-refractivity contribution in [2.24, 2.45) is 0 Å². The zero-order valence-corrected chi connectivity index (χ0v) is 9.03. The molecule has 2 nitrogen and oxygen atoms in total. The molecule has 0 radical (unpaired) electrons. The third kappa shape index (κ3) is 2.53. The summed E-state index contributed by atoms with van der Waals surface area (Å²) in [7, 11) is 0. The van der Waals surface area contributed by atoms with Crippen molar-refractivity contribution < 1.29 is 10.2 Å². The van der Waals surface area contributed by atoms with Gasteiger partial charge in [-0.25, -0.2) is 0 Å². The first-order valence-electron chi connectivity index (χ1n) is 4.10. The SMILES string of the molecule is CC(Br)(CO)C(O)c1ccccc1. The molecule has 72 valence electrons. The lowest BCUT2D eigenvalue weighted by atomic mass is 9.98. The van der Waals surface area contributed by atoms with Gasteiger partial charge in [0.2, 0.25) is 0 Å². The van der Waals surface area contributed by atoms with Crippen LogP contribution >= 0.6 is 15.9 Å². The fourth-order valence-corrected chi connectivity index (χ4v) is 1.33. The van der Waals surface area contributed by atoms with Gasteiger partial charge in [0.1, 0.15) is 0 Å². The van der Waals surface area contributed by atoms with E-state index in [0.29, 0.717) is 0 Å². The van der Waals surface area contributed by atoms with Crippen molar-refractivity contribution in [2.45, 2.75) is 17.4 Å². The lowest BCUT2D eigenvalue weighted by Crippen LogP contribution is -2.29. The van der Waals surface area contributed by atoms with E-state index in [4.69, 9.17) is 5.11 Å². The molecule has 1 aromatic carbocycles. The zero-order chi connectivity index (χ0) is 9.90. The highest BCUT2D eigenvalue weighted by atomic mass is 79.9. The van der Waals surface area contributed by atoms with Crippen LogP contribution in [0.25, 0.3) is 0 Å². The molecule has 2 N–H and O–H groups in total. The molecule has 2 atom stereocenters. The minimum atomic E-state index is -0.696. The normalized spacial score (nSPS) is 17.8. The van der Waals surface area contributed by atoms with Crippen LogP contribution in [-0.2, 0) is 0 Å². The van der Waals surface area contributed by atoms with Gasteiger partial charge < -0.3 is 10.2 Å². The van der Waals surface area contributed by atoms with E-state index < -0.39 is 10.4 Å². The summed E-state index contributed by atoms with van der Waals surface area (Å²) in [6.45, 7) is 1.65. The molecule has 0 aromatic heterocycles. The van der Waals surface area contributed by atoms with E-state index >= 15 is 0 Å². The van der Waals surface area contributed by atoms with Gasteiger partial charge in [-0.05, 0) is 12.5 Å². The van der Waals surface area contributed by atoms with Crippen molar-refractivity contribution in [3.63, 3.8) is 0 Å². The maximum absolute atomic E-state index is 9.84. The Hall–Kier alpha value is -0.380. The zero-order valence-electron chi connectivity index (χ0n) is 7.44. The maximum atomic E-state index is 9.84. The lowest BCUT2D eigenvalue weighted by Gasteiger charge is -2.26. The van der Waals surface area contributed by atoms with Crippen molar-refractivity contribution >= 4 is 15.9 Å². The standard InChI is InChI=1S/C10H13BrO2/c1-10(11,7-12)9(13)8-5-3-2-4-6-8/h2-6,9,12-13H,7H2,1H3. The van der Waals surface area contributed by atoms with E-state index in [1.165, 1.54) is 0 Å². The molecule has 0 spiro atoms. The van der Waals surface area contributed by atoms with Crippen LogP contribution in [0, 0.1) is 0 Å². The van der Waals surface area contributed by atoms with Gasteiger partial charge in [-0.15, -0.1) is 0 Å². The summed E-state index contributed by atoms with van der Waals surface area (Å²) in [6.07, 6.45) is -0.696. The van der Waals surface area contributed by atoms with E-state index in [1.807, 2.05) is 30.3 Å². The molecule has 0 aliphatic heterocycles. The van der Waals surface area contributed by atoms with Crippen LogP contribution < -0.4 is 0 Å². The highest BCUT2D eigenvalue weighted by Crippen LogP contribution is 2.32. The first-order valence-corrected chi connectivity index (χ1v) is 4.90. The van der Waals surface area contributed by atoms with Crippen LogP contribution in [-0.4, -0.2) is 21.1 Å². The Kier molecular flexibility index (Phi) is 3.47. The summed E-state index contributed by atoms with van der Waals surface area (Å²) in [5.74, 6) is 0. The number of hydrogen-bond donors (Lipinski definition) is 2. The molecule has 0 aliphatic carbocycles. The predicted octanol–water partition coefficient (Wildman–Crippen LogP) is 1.87. The number of alkyl halides is 1. The van der Waals surface area contributed by atoms with Gasteiger partial charge in [-0.3, -0.25) is 0 Å². The summed E-state index contributed by atoms with van der Waals surface area (Å²) < 4.78 is -0.672. The number of halogens is 1. The van der Waals surface area contributed by atoms with Crippen molar-refractivity contribution in [1.82, 2.24) is 0 Å². The smallest absolute Gasteiger partial charge is 0.0962 e. The molecular weight excluding hydrogens is 232 g/mol. The van der Waals surface area contributed by atoms with Crippen molar-refractivity contribution in [2.75, 3.05) is 6.61 Å². The first-order chi connectivity index (χ1) is 6.08. The largest absolute Gasteiger partial charge is 0.395 e. The van der Waals surface area contributed by atoms with Crippen LogP contribution in [0.15, 0.2) is 30.3 Å². The second-order valence-corrected chi connectivity index (χ2v) is 5.06. The van der Waals surface area contributed by atoms with Gasteiger partial charge in [0.25, 0.3) is 0 Å². The minimum absolute atomic E-state index is 0.108.